The van der Waals surface area contributed by atoms with Gasteiger partial charge in [-0.2, -0.15) is 0 Å². The summed E-state index contributed by atoms with van der Waals surface area (Å²) in [5, 5.41) is 18.4. The van der Waals surface area contributed by atoms with Crippen LogP contribution < -0.4 is 5.11 Å². The molecule has 0 aromatic carbocycles. The molecule has 0 spiro atoms. The van der Waals surface area contributed by atoms with E-state index in [-0.39, 0.29) is 57.6 Å². The van der Waals surface area contributed by atoms with E-state index in [9.17, 15) is 14.7 Å². The van der Waals surface area contributed by atoms with Crippen LogP contribution in [0.5, 0.6) is 0 Å². The molecule has 4 nitrogen and oxygen atoms in total. The van der Waals surface area contributed by atoms with E-state index in [2.05, 4.69) is 0 Å². The van der Waals surface area contributed by atoms with Gasteiger partial charge in [-0.15, -0.1) is 0 Å². The Kier molecular flexibility index (Phi) is 20.9. The molecular weight excluding hydrogens is 400 g/mol. The van der Waals surface area contributed by atoms with Crippen molar-refractivity contribution in [2.45, 2.75) is 51.4 Å². The summed E-state index contributed by atoms with van der Waals surface area (Å²) < 4.78 is 0. The summed E-state index contributed by atoms with van der Waals surface area (Å²) in [4.78, 5) is 20.2. The van der Waals surface area contributed by atoms with Crippen LogP contribution >= 0.6 is 0 Å². The fraction of sp³-hybridized carbons (Fsp3) is 0.800. The van der Waals surface area contributed by atoms with Gasteiger partial charge in [-0.05, 0) is 19.3 Å². The number of carboxylic acid groups (broad SMARTS) is 2. The van der Waals surface area contributed by atoms with E-state index in [1.54, 1.807) is 0 Å². The molecule has 1 N–H and O–H groups in total. The van der Waals surface area contributed by atoms with Crippen LogP contribution in [0.4, 0.5) is 0 Å². The maximum Gasteiger partial charge on any atom is 1.00 e. The van der Waals surface area contributed by atoms with Crippen LogP contribution in [0.2, 0.25) is 0 Å². The molecule has 0 bridgehead atoms. The summed E-state index contributed by atoms with van der Waals surface area (Å²) in [7, 11) is 0. The molecule has 16 heavy (non-hydrogen) atoms. The fourth-order valence-corrected chi connectivity index (χ4v) is 1.25. The van der Waals surface area contributed by atoms with Gasteiger partial charge >= 0.3 is 50.7 Å². The second-order valence-corrected chi connectivity index (χ2v) is 3.39. The van der Waals surface area contributed by atoms with Crippen LogP contribution in [0.15, 0.2) is 0 Å². The van der Waals surface area contributed by atoms with Crippen molar-refractivity contribution in [3.63, 3.8) is 0 Å². The van der Waals surface area contributed by atoms with Gasteiger partial charge < -0.3 is 15.0 Å². The molecule has 0 fully saturated rings. The SMILES string of the molecule is O=C([O-])CCCCCCCCC(=O)O.[Ag+].[Ag+]. The van der Waals surface area contributed by atoms with E-state index in [0.29, 0.717) is 6.42 Å². The maximum absolute atomic E-state index is 10.1. The molecule has 0 aliphatic heterocycles. The quantitative estimate of drug-likeness (QED) is 0.448. The van der Waals surface area contributed by atoms with Crippen LogP contribution in [-0.4, -0.2) is 17.0 Å². The van der Waals surface area contributed by atoms with Crippen molar-refractivity contribution in [1.82, 2.24) is 0 Å². The van der Waals surface area contributed by atoms with E-state index >= 15 is 0 Å². The Morgan fingerprint density at radius 2 is 1.19 bits per heavy atom. The van der Waals surface area contributed by atoms with E-state index in [4.69, 9.17) is 5.11 Å². The molecule has 6 heteroatoms. The van der Waals surface area contributed by atoms with Crippen LogP contribution in [0.3, 0.4) is 0 Å². The summed E-state index contributed by atoms with van der Waals surface area (Å²) in [6.07, 6.45) is 5.52. The van der Waals surface area contributed by atoms with E-state index in [0.717, 1.165) is 32.1 Å². The first-order valence-corrected chi connectivity index (χ1v) is 5.04. The number of aliphatic carboxylic acids is 2. The third-order valence-corrected chi connectivity index (χ3v) is 2.02. The molecule has 0 rings (SSSR count). The number of rotatable bonds is 9. The monoisotopic (exact) mass is 415 g/mol. The third-order valence-electron chi connectivity index (χ3n) is 2.02. The number of carbonyl (C=O) groups is 2. The van der Waals surface area contributed by atoms with Gasteiger partial charge in [-0.3, -0.25) is 4.79 Å². The van der Waals surface area contributed by atoms with Crippen molar-refractivity contribution in [3.8, 4) is 0 Å². The van der Waals surface area contributed by atoms with Crippen molar-refractivity contribution in [1.29, 1.82) is 0 Å². The predicted molar refractivity (Wildman–Crippen MR) is 49.6 cm³/mol. The van der Waals surface area contributed by atoms with Crippen LogP contribution in [0.1, 0.15) is 51.4 Å². The zero-order valence-electron chi connectivity index (χ0n) is 8.93. The maximum atomic E-state index is 10.1. The van der Waals surface area contributed by atoms with Gasteiger partial charge in [0.05, 0.1) is 0 Å². The van der Waals surface area contributed by atoms with Crippen molar-refractivity contribution in [3.05, 3.63) is 0 Å². The first-order valence-electron chi connectivity index (χ1n) is 5.04. The van der Waals surface area contributed by atoms with E-state index in [1.807, 2.05) is 0 Å². The number of carboxylic acids is 2. The molecule has 0 aliphatic rings. The number of hydrogen-bond acceptors (Lipinski definition) is 3. The Morgan fingerprint density at radius 1 is 0.812 bits per heavy atom. The van der Waals surface area contributed by atoms with Crippen molar-refractivity contribution >= 4 is 11.9 Å². The van der Waals surface area contributed by atoms with E-state index in [1.165, 1.54) is 0 Å². The van der Waals surface area contributed by atoms with Gasteiger partial charge in [0.2, 0.25) is 0 Å². The minimum absolute atomic E-state index is 0. The Morgan fingerprint density at radius 3 is 1.56 bits per heavy atom. The van der Waals surface area contributed by atoms with Gasteiger partial charge in [0.25, 0.3) is 0 Å². The van der Waals surface area contributed by atoms with Crippen molar-refractivity contribution in [2.75, 3.05) is 0 Å². The summed E-state index contributed by atoms with van der Waals surface area (Å²) >= 11 is 0. The number of unbranched alkanes of at least 4 members (excludes halogenated alkanes) is 5. The third kappa shape index (κ3) is 19.9. The zero-order chi connectivity index (χ0) is 10.8. The topological polar surface area (TPSA) is 77.4 Å². The van der Waals surface area contributed by atoms with Gasteiger partial charge in [0.1, 0.15) is 0 Å². The molecule has 0 heterocycles. The first-order chi connectivity index (χ1) is 6.63. The Hall–Kier alpha value is 0.421. The predicted octanol–water partition coefficient (Wildman–Crippen LogP) is 0.937. The number of hydrogen-bond donors (Lipinski definition) is 1. The van der Waals surface area contributed by atoms with Crippen molar-refractivity contribution in [2.24, 2.45) is 0 Å². The summed E-state index contributed by atoms with van der Waals surface area (Å²) in [5.41, 5.74) is 0. The summed E-state index contributed by atoms with van der Waals surface area (Å²) in [6.45, 7) is 0. The zero-order valence-corrected chi connectivity index (χ0v) is 11.9. The largest absolute Gasteiger partial charge is 1.00 e. The van der Waals surface area contributed by atoms with E-state index < -0.39 is 11.9 Å². The summed E-state index contributed by atoms with van der Waals surface area (Å²) in [5.74, 6) is -1.74. The van der Waals surface area contributed by atoms with Gasteiger partial charge in [-0.1, -0.05) is 25.7 Å². The van der Waals surface area contributed by atoms with Crippen molar-refractivity contribution < 1.29 is 64.6 Å². The standard InChI is InChI=1S/C10H18O4.2Ag/c11-9(12)7-5-3-1-2-4-6-8-10(13)14;;/h1-8H2,(H,11,12)(H,13,14);;/q;2*+1/p-1. The van der Waals surface area contributed by atoms with Gasteiger partial charge in [0, 0.05) is 12.4 Å². The minimum atomic E-state index is -0.990. The average molecular weight is 417 g/mol. The Labute approximate surface area is 127 Å². The fourth-order valence-electron chi connectivity index (χ4n) is 1.25. The molecule has 0 aliphatic carbocycles. The molecule has 0 atom stereocenters. The number of carbonyl (C=O) groups excluding carboxylic acids is 1. The molecule has 0 radical (unpaired) electrons. The minimum Gasteiger partial charge on any atom is -0.550 e. The smallest absolute Gasteiger partial charge is 0.550 e. The van der Waals surface area contributed by atoms with Crippen LogP contribution in [0, 0.1) is 0 Å². The molecule has 0 saturated carbocycles. The molecule has 0 unspecified atom stereocenters. The first kappa shape index (κ1) is 21.7. The van der Waals surface area contributed by atoms with Gasteiger partial charge in [-0.25, -0.2) is 0 Å². The molecule has 102 valence electrons. The molecule has 0 aromatic rings. The second-order valence-electron chi connectivity index (χ2n) is 3.39. The van der Waals surface area contributed by atoms with Gasteiger partial charge in [0.15, 0.2) is 0 Å². The molecular formula is C10H17Ag2O4+. The average Bonchev–Trinajstić information content (AvgIpc) is 2.08. The van der Waals surface area contributed by atoms with Crippen LogP contribution in [-0.2, 0) is 54.3 Å². The Balaban J connectivity index is -0.000000845. The Bertz CT molecular complexity index is 166. The van der Waals surface area contributed by atoms with Crippen LogP contribution in [0.25, 0.3) is 0 Å². The molecule has 0 saturated heterocycles. The molecule has 0 aromatic heterocycles. The normalized spacial score (nSPS) is 8.75. The molecule has 0 amide bonds. The summed E-state index contributed by atoms with van der Waals surface area (Å²) in [6, 6.07) is 0. The second kappa shape index (κ2) is 15.4.